The Morgan fingerprint density at radius 1 is 1.73 bits per heavy atom. The first kappa shape index (κ1) is 11.9. The Morgan fingerprint density at radius 2 is 2.47 bits per heavy atom. The lowest BCUT2D eigenvalue weighted by atomic mass is 10.4. The molecular formula is C8H10BrN3O3. The molecule has 0 unspecified atom stereocenters. The Balaban J connectivity index is 2.82. The third-order valence-corrected chi connectivity index (χ3v) is 2.06. The average molecular weight is 276 g/mol. The number of nitrogens with zero attached hydrogens (tertiary/aromatic N) is 2. The molecule has 82 valence electrons. The van der Waals surface area contributed by atoms with Crippen molar-refractivity contribution in [2.45, 2.75) is 0 Å². The number of hydrogen-bond acceptors (Lipinski definition) is 5. The molecule has 1 aromatic rings. The number of rotatable bonds is 5. The highest BCUT2D eigenvalue weighted by molar-refractivity contribution is 9.10. The van der Waals surface area contributed by atoms with Gasteiger partial charge in [-0.05, 0) is 31.9 Å². The maximum atomic E-state index is 10.6. The van der Waals surface area contributed by atoms with E-state index in [4.69, 9.17) is 4.74 Å². The minimum Gasteiger partial charge on any atom is -0.383 e. The van der Waals surface area contributed by atoms with Gasteiger partial charge in [-0.2, -0.15) is 0 Å². The van der Waals surface area contributed by atoms with Crippen LogP contribution in [-0.4, -0.2) is 30.2 Å². The summed E-state index contributed by atoms with van der Waals surface area (Å²) in [7, 11) is 1.56. The number of pyridine rings is 1. The fourth-order valence-electron chi connectivity index (χ4n) is 0.995. The lowest BCUT2D eigenvalue weighted by molar-refractivity contribution is -0.388. The predicted octanol–water partition coefficient (Wildman–Crippen LogP) is 1.81. The third-order valence-electron chi connectivity index (χ3n) is 1.63. The van der Waals surface area contributed by atoms with Gasteiger partial charge < -0.3 is 20.2 Å². The van der Waals surface area contributed by atoms with Crippen molar-refractivity contribution in [2.24, 2.45) is 0 Å². The second-order valence-electron chi connectivity index (χ2n) is 2.70. The average Bonchev–Trinajstić information content (AvgIpc) is 2.18. The van der Waals surface area contributed by atoms with Crippen LogP contribution < -0.4 is 5.32 Å². The Morgan fingerprint density at radius 3 is 3.07 bits per heavy atom. The van der Waals surface area contributed by atoms with Crippen LogP contribution in [0.15, 0.2) is 16.7 Å². The minimum atomic E-state index is -0.526. The van der Waals surface area contributed by atoms with Crippen LogP contribution in [0.3, 0.4) is 0 Å². The van der Waals surface area contributed by atoms with Crippen LogP contribution in [0, 0.1) is 10.1 Å². The van der Waals surface area contributed by atoms with E-state index in [0.717, 1.165) is 0 Å². The number of nitro groups is 1. The van der Waals surface area contributed by atoms with Crippen molar-refractivity contribution in [3.8, 4) is 0 Å². The van der Waals surface area contributed by atoms with E-state index in [9.17, 15) is 10.1 Å². The van der Waals surface area contributed by atoms with Crippen molar-refractivity contribution < 1.29 is 9.66 Å². The van der Waals surface area contributed by atoms with Gasteiger partial charge in [0, 0.05) is 13.7 Å². The first-order chi connectivity index (χ1) is 7.15. The van der Waals surface area contributed by atoms with E-state index in [1.165, 1.54) is 6.20 Å². The fraction of sp³-hybridized carbons (Fsp3) is 0.375. The van der Waals surface area contributed by atoms with Crippen LogP contribution in [0.25, 0.3) is 0 Å². The SMILES string of the molecule is COCCNc1cc(Br)cnc1[N+](=O)[O-]. The number of methoxy groups -OCH3 is 1. The third kappa shape index (κ3) is 3.45. The van der Waals surface area contributed by atoms with Crippen molar-refractivity contribution in [1.29, 1.82) is 0 Å². The number of ether oxygens (including phenoxy) is 1. The first-order valence-electron chi connectivity index (χ1n) is 4.18. The number of anilines is 1. The summed E-state index contributed by atoms with van der Waals surface area (Å²) in [6.07, 6.45) is 1.39. The van der Waals surface area contributed by atoms with Crippen LogP contribution in [0.5, 0.6) is 0 Å². The topological polar surface area (TPSA) is 77.3 Å². The van der Waals surface area contributed by atoms with E-state index < -0.39 is 4.92 Å². The summed E-state index contributed by atoms with van der Waals surface area (Å²) in [5.41, 5.74) is 0.381. The molecule has 15 heavy (non-hydrogen) atoms. The lowest BCUT2D eigenvalue weighted by Gasteiger charge is -2.05. The Hall–Kier alpha value is -1.21. The molecule has 0 aliphatic carbocycles. The molecule has 0 amide bonds. The van der Waals surface area contributed by atoms with Gasteiger partial charge in [-0.25, -0.2) is 0 Å². The Kier molecular flexibility index (Phi) is 4.44. The van der Waals surface area contributed by atoms with Crippen LogP contribution in [-0.2, 0) is 4.74 Å². The van der Waals surface area contributed by atoms with E-state index in [1.807, 2.05) is 0 Å². The highest BCUT2D eigenvalue weighted by atomic mass is 79.9. The molecular weight excluding hydrogens is 266 g/mol. The largest absolute Gasteiger partial charge is 0.386 e. The second kappa shape index (κ2) is 5.62. The van der Waals surface area contributed by atoms with Crippen molar-refractivity contribution in [2.75, 3.05) is 25.6 Å². The lowest BCUT2D eigenvalue weighted by Crippen LogP contribution is -2.09. The van der Waals surface area contributed by atoms with Crippen LogP contribution in [0.2, 0.25) is 0 Å². The summed E-state index contributed by atoms with van der Waals surface area (Å²) in [5.74, 6) is -0.186. The van der Waals surface area contributed by atoms with E-state index in [2.05, 4.69) is 26.2 Å². The van der Waals surface area contributed by atoms with Crippen molar-refractivity contribution in [3.05, 3.63) is 26.9 Å². The molecule has 0 radical (unpaired) electrons. The summed E-state index contributed by atoms with van der Waals surface area (Å²) in [6.45, 7) is 0.971. The quantitative estimate of drug-likeness (QED) is 0.504. The van der Waals surface area contributed by atoms with Crippen molar-refractivity contribution >= 4 is 27.4 Å². The van der Waals surface area contributed by atoms with Gasteiger partial charge in [0.15, 0.2) is 6.20 Å². The van der Waals surface area contributed by atoms with Gasteiger partial charge in [0.1, 0.15) is 5.69 Å². The van der Waals surface area contributed by atoms with Gasteiger partial charge >= 0.3 is 5.82 Å². The molecule has 0 atom stereocenters. The molecule has 0 saturated carbocycles. The highest BCUT2D eigenvalue weighted by Gasteiger charge is 2.14. The molecule has 0 bridgehead atoms. The van der Waals surface area contributed by atoms with Crippen LogP contribution in [0.4, 0.5) is 11.5 Å². The smallest absolute Gasteiger partial charge is 0.383 e. The molecule has 0 aliphatic rings. The number of aromatic nitrogens is 1. The summed E-state index contributed by atoms with van der Waals surface area (Å²) >= 11 is 3.20. The monoisotopic (exact) mass is 275 g/mol. The zero-order chi connectivity index (χ0) is 11.3. The van der Waals surface area contributed by atoms with Gasteiger partial charge in [-0.1, -0.05) is 0 Å². The molecule has 0 saturated heterocycles. The van der Waals surface area contributed by atoms with E-state index in [-0.39, 0.29) is 5.82 Å². The minimum absolute atomic E-state index is 0.186. The van der Waals surface area contributed by atoms with Gasteiger partial charge in [-0.3, -0.25) is 0 Å². The summed E-state index contributed by atoms with van der Waals surface area (Å²) < 4.78 is 5.52. The molecule has 6 nitrogen and oxygen atoms in total. The molecule has 0 aromatic carbocycles. The number of nitrogens with one attached hydrogen (secondary N) is 1. The van der Waals surface area contributed by atoms with E-state index in [1.54, 1.807) is 13.2 Å². The molecule has 1 N–H and O–H groups in total. The normalized spacial score (nSPS) is 10.0. The molecule has 7 heteroatoms. The summed E-state index contributed by atoms with van der Waals surface area (Å²) in [4.78, 5) is 13.8. The maximum absolute atomic E-state index is 10.6. The summed E-state index contributed by atoms with van der Waals surface area (Å²) in [6, 6.07) is 1.61. The highest BCUT2D eigenvalue weighted by Crippen LogP contribution is 2.24. The standard InChI is InChI=1S/C8H10BrN3O3/c1-15-3-2-10-7-4-6(9)5-11-8(7)12(13)14/h4-5,10H,2-3H2,1H3. The molecule has 0 spiro atoms. The zero-order valence-corrected chi connectivity index (χ0v) is 9.65. The van der Waals surface area contributed by atoms with Crippen LogP contribution in [0.1, 0.15) is 0 Å². The van der Waals surface area contributed by atoms with Crippen molar-refractivity contribution in [1.82, 2.24) is 4.98 Å². The van der Waals surface area contributed by atoms with E-state index >= 15 is 0 Å². The second-order valence-corrected chi connectivity index (χ2v) is 3.62. The van der Waals surface area contributed by atoms with Gasteiger partial charge in [0.25, 0.3) is 0 Å². The predicted molar refractivity (Wildman–Crippen MR) is 59.0 cm³/mol. The molecule has 1 heterocycles. The zero-order valence-electron chi connectivity index (χ0n) is 8.07. The summed E-state index contributed by atoms with van der Waals surface area (Å²) in [5, 5.41) is 13.5. The first-order valence-corrected chi connectivity index (χ1v) is 4.97. The van der Waals surface area contributed by atoms with Gasteiger partial charge in [0.2, 0.25) is 0 Å². The molecule has 0 fully saturated rings. The molecule has 1 aromatic heterocycles. The Labute approximate surface area is 94.9 Å². The maximum Gasteiger partial charge on any atom is 0.386 e. The molecule has 1 rings (SSSR count). The Bertz CT molecular complexity index is 359. The van der Waals surface area contributed by atoms with Crippen LogP contribution >= 0.6 is 15.9 Å². The number of halogens is 1. The number of hydrogen-bond donors (Lipinski definition) is 1. The fourth-order valence-corrected chi connectivity index (χ4v) is 1.33. The van der Waals surface area contributed by atoms with Crippen molar-refractivity contribution in [3.63, 3.8) is 0 Å². The van der Waals surface area contributed by atoms with E-state index in [0.29, 0.717) is 23.3 Å². The van der Waals surface area contributed by atoms with Gasteiger partial charge in [0.05, 0.1) is 11.1 Å². The molecule has 0 aliphatic heterocycles. The van der Waals surface area contributed by atoms with Gasteiger partial charge in [-0.15, -0.1) is 0 Å².